The molecule has 0 aliphatic carbocycles. The first-order chi connectivity index (χ1) is 12.7. The zero-order valence-corrected chi connectivity index (χ0v) is 15.7. The van der Waals surface area contributed by atoms with Gasteiger partial charge in [0, 0.05) is 6.54 Å². The molecular weight excluding hydrogens is 330 g/mol. The Morgan fingerprint density at radius 2 is 1.69 bits per heavy atom. The van der Waals surface area contributed by atoms with Crippen molar-refractivity contribution in [2.45, 2.75) is 32.3 Å². The maximum Gasteiger partial charge on any atom is 0.261 e. The normalized spacial score (nSPS) is 11.5. The third-order valence-electron chi connectivity index (χ3n) is 4.08. The minimum absolute atomic E-state index is 0.0889. The van der Waals surface area contributed by atoms with Crippen LogP contribution in [0.5, 0.6) is 17.2 Å². The summed E-state index contributed by atoms with van der Waals surface area (Å²) in [5, 5.41) is 2.96. The van der Waals surface area contributed by atoms with Gasteiger partial charge in [0.05, 0.1) is 14.2 Å². The van der Waals surface area contributed by atoms with Crippen LogP contribution in [-0.4, -0.2) is 32.8 Å². The van der Waals surface area contributed by atoms with Crippen LogP contribution in [0, 0.1) is 0 Å². The van der Waals surface area contributed by atoms with E-state index < -0.39 is 6.10 Å². The van der Waals surface area contributed by atoms with Gasteiger partial charge in [0.1, 0.15) is 17.2 Å². The van der Waals surface area contributed by atoms with E-state index in [1.165, 1.54) is 5.56 Å². The molecule has 2 aromatic rings. The highest BCUT2D eigenvalue weighted by Gasteiger charge is 2.17. The molecule has 0 spiro atoms. The molecule has 0 aliphatic heterocycles. The van der Waals surface area contributed by atoms with Crippen LogP contribution in [0.2, 0.25) is 0 Å². The number of amides is 1. The molecule has 1 atom stereocenters. The van der Waals surface area contributed by atoms with Crippen LogP contribution in [0.25, 0.3) is 0 Å². The highest BCUT2D eigenvalue weighted by molar-refractivity contribution is 5.81. The number of methoxy groups -OCH3 is 2. The lowest BCUT2D eigenvalue weighted by Gasteiger charge is -2.17. The molecule has 0 radical (unpaired) electrons. The smallest absolute Gasteiger partial charge is 0.261 e. The molecule has 0 aromatic heterocycles. The Labute approximate surface area is 155 Å². The second-order valence-electron chi connectivity index (χ2n) is 5.94. The molecule has 140 valence electrons. The summed E-state index contributed by atoms with van der Waals surface area (Å²) in [6.07, 6.45) is 1.85. The van der Waals surface area contributed by atoms with Gasteiger partial charge in [-0.2, -0.15) is 0 Å². The molecule has 5 heteroatoms. The van der Waals surface area contributed by atoms with Gasteiger partial charge < -0.3 is 19.5 Å². The van der Waals surface area contributed by atoms with Crippen LogP contribution >= 0.6 is 0 Å². The second kappa shape index (κ2) is 10.3. The van der Waals surface area contributed by atoms with Gasteiger partial charge in [-0.15, -0.1) is 0 Å². The summed E-state index contributed by atoms with van der Waals surface area (Å²) >= 11 is 0. The van der Waals surface area contributed by atoms with E-state index in [4.69, 9.17) is 14.2 Å². The van der Waals surface area contributed by atoms with Gasteiger partial charge in [-0.05, 0) is 61.2 Å². The van der Waals surface area contributed by atoms with E-state index in [1.54, 1.807) is 26.4 Å². The van der Waals surface area contributed by atoms with Gasteiger partial charge in [0.15, 0.2) is 6.10 Å². The summed E-state index contributed by atoms with van der Waals surface area (Å²) in [6.45, 7) is 2.54. The highest BCUT2D eigenvalue weighted by atomic mass is 16.5. The predicted molar refractivity (Wildman–Crippen MR) is 102 cm³/mol. The van der Waals surface area contributed by atoms with Crippen molar-refractivity contribution in [1.82, 2.24) is 5.32 Å². The molecule has 0 unspecified atom stereocenters. The molecule has 0 heterocycles. The molecule has 0 fully saturated rings. The molecule has 5 nitrogen and oxygen atoms in total. The van der Waals surface area contributed by atoms with E-state index in [0.29, 0.717) is 18.7 Å². The zero-order valence-electron chi connectivity index (χ0n) is 15.7. The number of nitrogens with one attached hydrogen (secondary N) is 1. The number of rotatable bonds is 10. The summed E-state index contributed by atoms with van der Waals surface area (Å²) in [4.78, 5) is 12.3. The van der Waals surface area contributed by atoms with Crippen LogP contribution in [-0.2, 0) is 11.2 Å². The lowest BCUT2D eigenvalue weighted by Crippen LogP contribution is -2.38. The molecule has 0 aliphatic rings. The van der Waals surface area contributed by atoms with E-state index in [0.717, 1.165) is 24.3 Å². The van der Waals surface area contributed by atoms with Gasteiger partial charge in [0.2, 0.25) is 0 Å². The lowest BCUT2D eigenvalue weighted by molar-refractivity contribution is -0.128. The lowest BCUT2D eigenvalue weighted by atomic mass is 10.1. The van der Waals surface area contributed by atoms with Crippen LogP contribution in [0.3, 0.4) is 0 Å². The van der Waals surface area contributed by atoms with Gasteiger partial charge in [-0.3, -0.25) is 4.79 Å². The monoisotopic (exact) mass is 357 g/mol. The Balaban J connectivity index is 1.77. The fourth-order valence-corrected chi connectivity index (χ4v) is 2.59. The van der Waals surface area contributed by atoms with Gasteiger partial charge in [-0.1, -0.05) is 19.1 Å². The van der Waals surface area contributed by atoms with Crippen LogP contribution in [0.15, 0.2) is 48.5 Å². The molecule has 1 amide bonds. The Bertz CT molecular complexity index is 685. The van der Waals surface area contributed by atoms with Crippen molar-refractivity contribution in [2.24, 2.45) is 0 Å². The topological polar surface area (TPSA) is 56.8 Å². The number of hydrogen-bond acceptors (Lipinski definition) is 4. The predicted octanol–water partition coefficient (Wildman–Crippen LogP) is 3.61. The molecular formula is C21H27NO4. The molecule has 2 aromatic carbocycles. The van der Waals surface area contributed by atoms with E-state index >= 15 is 0 Å². The zero-order chi connectivity index (χ0) is 18.8. The standard InChI is InChI=1S/C21H27NO4/c1-4-20(26-18-12-10-17(24-2)11-13-18)21(23)22-14-6-8-16-7-5-9-19(15-16)25-3/h5,7,9-13,15,20H,4,6,8,14H2,1-3H3,(H,22,23)/t20-/m1/s1. The molecule has 2 rings (SSSR count). The summed E-state index contributed by atoms with van der Waals surface area (Å²) in [5.74, 6) is 2.18. The SMILES string of the molecule is CC[C@@H](Oc1ccc(OC)cc1)C(=O)NCCCc1cccc(OC)c1. The quantitative estimate of drug-likeness (QED) is 0.660. The minimum Gasteiger partial charge on any atom is -0.497 e. The largest absolute Gasteiger partial charge is 0.497 e. The molecule has 0 saturated carbocycles. The van der Waals surface area contributed by atoms with E-state index in [2.05, 4.69) is 11.4 Å². The summed E-state index contributed by atoms with van der Waals surface area (Å²) in [5.41, 5.74) is 1.19. The van der Waals surface area contributed by atoms with Crippen LogP contribution in [0.1, 0.15) is 25.3 Å². The first kappa shape index (κ1) is 19.6. The fraction of sp³-hybridized carbons (Fsp3) is 0.381. The number of aryl methyl sites for hydroxylation is 1. The first-order valence-electron chi connectivity index (χ1n) is 8.87. The van der Waals surface area contributed by atoms with Gasteiger partial charge in [-0.25, -0.2) is 0 Å². The van der Waals surface area contributed by atoms with Crippen LogP contribution < -0.4 is 19.5 Å². The number of ether oxygens (including phenoxy) is 3. The van der Waals surface area contributed by atoms with Crippen molar-refractivity contribution in [3.63, 3.8) is 0 Å². The van der Waals surface area contributed by atoms with Crippen molar-refractivity contribution in [1.29, 1.82) is 0 Å². The molecule has 26 heavy (non-hydrogen) atoms. The number of carbonyl (C=O) groups is 1. The average Bonchev–Trinajstić information content (AvgIpc) is 2.69. The minimum atomic E-state index is -0.500. The third-order valence-corrected chi connectivity index (χ3v) is 4.08. The van der Waals surface area contributed by atoms with Crippen molar-refractivity contribution >= 4 is 5.91 Å². The second-order valence-corrected chi connectivity index (χ2v) is 5.94. The van der Waals surface area contributed by atoms with Crippen molar-refractivity contribution < 1.29 is 19.0 Å². The number of hydrogen-bond donors (Lipinski definition) is 1. The van der Waals surface area contributed by atoms with E-state index in [-0.39, 0.29) is 5.91 Å². The van der Waals surface area contributed by atoms with E-state index in [9.17, 15) is 4.79 Å². The maximum absolute atomic E-state index is 12.3. The maximum atomic E-state index is 12.3. The summed E-state index contributed by atoms with van der Waals surface area (Å²) in [6, 6.07) is 15.2. The molecule has 0 saturated heterocycles. The van der Waals surface area contributed by atoms with Crippen molar-refractivity contribution in [3.8, 4) is 17.2 Å². The highest BCUT2D eigenvalue weighted by Crippen LogP contribution is 2.19. The Hall–Kier alpha value is -2.69. The first-order valence-corrected chi connectivity index (χ1v) is 8.87. The van der Waals surface area contributed by atoms with Gasteiger partial charge in [0.25, 0.3) is 5.91 Å². The van der Waals surface area contributed by atoms with Crippen LogP contribution in [0.4, 0.5) is 0 Å². The van der Waals surface area contributed by atoms with E-state index in [1.807, 2.05) is 37.3 Å². The Morgan fingerprint density at radius 3 is 2.35 bits per heavy atom. The summed E-state index contributed by atoms with van der Waals surface area (Å²) < 4.78 is 16.1. The average molecular weight is 357 g/mol. The fourth-order valence-electron chi connectivity index (χ4n) is 2.59. The number of benzene rings is 2. The number of carbonyl (C=O) groups excluding carboxylic acids is 1. The van der Waals surface area contributed by atoms with Crippen molar-refractivity contribution in [3.05, 3.63) is 54.1 Å². The van der Waals surface area contributed by atoms with Gasteiger partial charge >= 0.3 is 0 Å². The Morgan fingerprint density at radius 1 is 1.00 bits per heavy atom. The third kappa shape index (κ3) is 5.99. The molecule has 0 bridgehead atoms. The molecule has 1 N–H and O–H groups in total. The summed E-state index contributed by atoms with van der Waals surface area (Å²) in [7, 11) is 3.27. The van der Waals surface area contributed by atoms with Crippen molar-refractivity contribution in [2.75, 3.05) is 20.8 Å². The Kier molecular flexibility index (Phi) is 7.80.